The molecule has 0 aliphatic carbocycles. The number of hydrogen-bond donors (Lipinski definition) is 1. The van der Waals surface area contributed by atoms with Crippen molar-refractivity contribution in [3.63, 3.8) is 0 Å². The second-order valence-corrected chi connectivity index (χ2v) is 9.43. The normalized spacial score (nSPS) is 19.4. The summed E-state index contributed by atoms with van der Waals surface area (Å²) in [6.45, 7) is 0. The van der Waals surface area contributed by atoms with Gasteiger partial charge < -0.3 is 10.1 Å². The second-order valence-electron chi connectivity index (χ2n) is 7.09. The van der Waals surface area contributed by atoms with Crippen LogP contribution in [0.5, 0.6) is 5.75 Å². The van der Waals surface area contributed by atoms with E-state index in [1.54, 1.807) is 17.7 Å². The molecule has 1 N–H and O–H groups in total. The van der Waals surface area contributed by atoms with Gasteiger partial charge in [0, 0.05) is 25.5 Å². The van der Waals surface area contributed by atoms with E-state index in [0.29, 0.717) is 11.0 Å². The highest BCUT2D eigenvalue weighted by molar-refractivity contribution is 9.10. The first-order chi connectivity index (χ1) is 14.7. The Morgan fingerprint density at radius 3 is 2.90 bits per heavy atom. The van der Waals surface area contributed by atoms with Gasteiger partial charge in [0.25, 0.3) is 0 Å². The third-order valence-corrected chi connectivity index (χ3v) is 6.99. The topological polar surface area (TPSA) is 52.0 Å². The van der Waals surface area contributed by atoms with Crippen LogP contribution in [0.2, 0.25) is 5.02 Å². The highest BCUT2D eigenvalue weighted by atomic mass is 79.9. The first-order valence-electron chi connectivity index (χ1n) is 9.35. The maximum atomic E-state index is 6.58. The van der Waals surface area contributed by atoms with Gasteiger partial charge in [0.1, 0.15) is 24.2 Å². The van der Waals surface area contributed by atoms with Crippen molar-refractivity contribution < 1.29 is 4.74 Å². The van der Waals surface area contributed by atoms with Gasteiger partial charge in [0.05, 0.1) is 5.70 Å². The zero-order valence-corrected chi connectivity index (χ0v) is 18.6. The highest BCUT2D eigenvalue weighted by Gasteiger charge is 2.41. The second kappa shape index (κ2) is 6.97. The Morgan fingerprint density at radius 1 is 1.13 bits per heavy atom. The van der Waals surface area contributed by atoms with Gasteiger partial charge >= 0.3 is 0 Å². The van der Waals surface area contributed by atoms with Crippen molar-refractivity contribution in [3.8, 4) is 5.75 Å². The molecule has 0 saturated carbocycles. The van der Waals surface area contributed by atoms with E-state index < -0.39 is 0 Å². The van der Waals surface area contributed by atoms with Crippen molar-refractivity contribution >= 4 is 50.5 Å². The Balaban J connectivity index is 1.65. The molecule has 30 heavy (non-hydrogen) atoms. The van der Waals surface area contributed by atoms with Crippen molar-refractivity contribution in [1.29, 1.82) is 0 Å². The van der Waals surface area contributed by atoms with Gasteiger partial charge in [-0.2, -0.15) is 10.1 Å². The van der Waals surface area contributed by atoms with Gasteiger partial charge in [0.15, 0.2) is 0 Å². The van der Waals surface area contributed by atoms with Gasteiger partial charge in [-0.25, -0.2) is 4.68 Å². The zero-order valence-electron chi connectivity index (χ0n) is 15.4. The number of benzene rings is 2. The van der Waals surface area contributed by atoms with Crippen LogP contribution in [0.25, 0.3) is 5.70 Å². The molecular weight excluding hydrogens is 484 g/mol. The summed E-state index contributed by atoms with van der Waals surface area (Å²) in [6, 6.07) is 18.0. The number of nitrogens with zero attached hydrogens (tertiary/aromatic N) is 3. The highest BCUT2D eigenvalue weighted by Crippen LogP contribution is 2.51. The lowest BCUT2D eigenvalue weighted by atomic mass is 9.87. The monoisotopic (exact) mass is 496 g/mol. The Hall–Kier alpha value is -2.61. The Bertz CT molecular complexity index is 1300. The average molecular weight is 498 g/mol. The number of halogens is 2. The summed E-state index contributed by atoms with van der Waals surface area (Å²) < 4.78 is 9.51. The molecule has 148 valence electrons. The summed E-state index contributed by atoms with van der Waals surface area (Å²) in [6.07, 6.45) is 1.29. The molecule has 6 rings (SSSR count). The van der Waals surface area contributed by atoms with Crippen LogP contribution >= 0.6 is 38.9 Å². The molecule has 5 nitrogen and oxygen atoms in total. The number of thiophene rings is 1. The minimum atomic E-state index is -0.289. The fourth-order valence-corrected chi connectivity index (χ4v) is 5.52. The number of ether oxygens (including phenoxy) is 1. The number of aromatic nitrogens is 3. The minimum absolute atomic E-state index is 0.130. The zero-order chi connectivity index (χ0) is 20.2. The molecule has 0 fully saturated rings. The van der Waals surface area contributed by atoms with Crippen molar-refractivity contribution in [2.75, 3.05) is 5.32 Å². The van der Waals surface area contributed by atoms with E-state index in [2.05, 4.69) is 61.0 Å². The van der Waals surface area contributed by atoms with E-state index in [9.17, 15) is 0 Å². The molecule has 0 amide bonds. The van der Waals surface area contributed by atoms with Gasteiger partial charge in [-0.1, -0.05) is 45.7 Å². The Kier molecular flexibility index (Phi) is 4.23. The number of rotatable bonds is 2. The molecule has 4 aromatic rings. The molecule has 2 aliphatic rings. The molecule has 4 heterocycles. The first-order valence-corrected chi connectivity index (χ1v) is 11.4. The van der Waals surface area contributed by atoms with Crippen molar-refractivity contribution in [2.24, 2.45) is 0 Å². The maximum Gasteiger partial charge on any atom is 0.226 e. The molecule has 0 radical (unpaired) electrons. The summed E-state index contributed by atoms with van der Waals surface area (Å²) >= 11 is 11.7. The number of hydrogen-bond acceptors (Lipinski definition) is 5. The third-order valence-electron chi connectivity index (χ3n) is 5.34. The van der Waals surface area contributed by atoms with Crippen molar-refractivity contribution in [3.05, 3.63) is 97.4 Å². The quantitative estimate of drug-likeness (QED) is 0.352. The average Bonchev–Trinajstić information content (AvgIpc) is 3.44. The summed E-state index contributed by atoms with van der Waals surface area (Å²) in [5, 5.41) is 10.8. The molecule has 0 bridgehead atoms. The fourth-order valence-electron chi connectivity index (χ4n) is 4.11. The maximum absolute atomic E-state index is 6.58. The predicted octanol–water partition coefficient (Wildman–Crippen LogP) is 6.32. The Labute approximate surface area is 190 Å². The van der Waals surface area contributed by atoms with E-state index in [4.69, 9.17) is 16.3 Å². The number of anilines is 1. The van der Waals surface area contributed by atoms with Crippen LogP contribution < -0.4 is 10.1 Å². The third kappa shape index (κ3) is 2.80. The van der Waals surface area contributed by atoms with Crippen molar-refractivity contribution in [2.45, 2.75) is 12.1 Å². The Morgan fingerprint density at radius 2 is 2.07 bits per heavy atom. The van der Waals surface area contributed by atoms with E-state index in [1.165, 1.54) is 4.88 Å². The van der Waals surface area contributed by atoms with E-state index in [1.807, 2.05) is 35.0 Å². The van der Waals surface area contributed by atoms with Crippen LogP contribution in [0.3, 0.4) is 0 Å². The van der Waals surface area contributed by atoms with Gasteiger partial charge in [-0.05, 0) is 47.3 Å². The lowest BCUT2D eigenvalue weighted by Gasteiger charge is -2.38. The van der Waals surface area contributed by atoms with Crippen LogP contribution in [-0.2, 0) is 0 Å². The van der Waals surface area contributed by atoms with Gasteiger partial charge in [0.2, 0.25) is 5.95 Å². The molecule has 8 heteroatoms. The number of fused-ring (bicyclic) bond motifs is 3. The molecule has 2 aromatic heterocycles. The predicted molar refractivity (Wildman–Crippen MR) is 122 cm³/mol. The van der Waals surface area contributed by atoms with E-state index in [-0.39, 0.29) is 12.1 Å². The van der Waals surface area contributed by atoms with Crippen LogP contribution in [0.15, 0.2) is 76.4 Å². The van der Waals surface area contributed by atoms with Crippen LogP contribution in [0, 0.1) is 0 Å². The van der Waals surface area contributed by atoms with Crippen LogP contribution in [0.1, 0.15) is 28.1 Å². The molecule has 2 aliphatic heterocycles. The molecule has 0 saturated heterocycles. The molecule has 2 aromatic carbocycles. The van der Waals surface area contributed by atoms with E-state index >= 15 is 0 Å². The van der Waals surface area contributed by atoms with Gasteiger partial charge in [-0.3, -0.25) is 0 Å². The minimum Gasteiger partial charge on any atom is -0.480 e. The summed E-state index contributed by atoms with van der Waals surface area (Å²) in [5.41, 5.74) is 4.05. The smallest absolute Gasteiger partial charge is 0.226 e. The lowest BCUT2D eigenvalue weighted by molar-refractivity contribution is 0.223. The summed E-state index contributed by atoms with van der Waals surface area (Å²) in [7, 11) is 0. The lowest BCUT2D eigenvalue weighted by Crippen LogP contribution is -2.32. The van der Waals surface area contributed by atoms with Crippen molar-refractivity contribution in [1.82, 2.24) is 14.8 Å². The first kappa shape index (κ1) is 18.2. The largest absolute Gasteiger partial charge is 0.480 e. The van der Waals surface area contributed by atoms with Crippen LogP contribution in [0.4, 0.5) is 5.95 Å². The van der Waals surface area contributed by atoms with Gasteiger partial charge in [-0.15, -0.1) is 11.3 Å². The van der Waals surface area contributed by atoms with E-state index in [0.717, 1.165) is 32.6 Å². The molecule has 0 spiro atoms. The molecule has 0 unspecified atom stereocenters. The molecule has 2 atom stereocenters. The standard InChI is InChI=1S/C22H14BrClN4OS/c23-13-4-1-3-12(9-13)21-18-19(15-10-14(24)6-7-16(15)29-21)27-22-25-11-26-28(22)20(18)17-5-2-8-30-17/h1-11,20-21H,(H,25,26,27)/t20-,21-/m0/s1. The molecular formula is C22H14BrClN4OS. The summed E-state index contributed by atoms with van der Waals surface area (Å²) in [5.74, 6) is 1.49. The van der Waals surface area contributed by atoms with Crippen LogP contribution in [-0.4, -0.2) is 14.8 Å². The SMILES string of the molecule is Clc1ccc2c(c1)C1=C([C@H](c3cccc(Br)c3)O2)[C@H](c2cccs2)n2ncnc2N1. The fraction of sp³-hybridized carbons (Fsp3) is 0.0909. The number of nitrogens with one attached hydrogen (secondary N) is 1. The summed E-state index contributed by atoms with van der Waals surface area (Å²) in [4.78, 5) is 5.62.